The van der Waals surface area contributed by atoms with E-state index in [1.807, 2.05) is 62.1 Å². The summed E-state index contributed by atoms with van der Waals surface area (Å²) in [5.41, 5.74) is 3.27. The van der Waals surface area contributed by atoms with Crippen molar-refractivity contribution in [3.05, 3.63) is 58.9 Å². The molecule has 1 fully saturated rings. The van der Waals surface area contributed by atoms with Crippen LogP contribution in [-0.2, 0) is 11.3 Å². The van der Waals surface area contributed by atoms with E-state index in [1.54, 1.807) is 7.11 Å². The Hall–Kier alpha value is -2.89. The maximum absolute atomic E-state index is 13.0. The van der Waals surface area contributed by atoms with E-state index in [0.717, 1.165) is 35.5 Å². The molecule has 1 aliphatic heterocycles. The Labute approximate surface area is 178 Å². The lowest BCUT2D eigenvalue weighted by molar-refractivity contribution is -0.135. The molecular formula is C24H31N3O3. The predicted molar refractivity (Wildman–Crippen MR) is 117 cm³/mol. The van der Waals surface area contributed by atoms with Crippen molar-refractivity contribution in [2.45, 2.75) is 46.1 Å². The average Bonchev–Trinajstić information content (AvgIpc) is 2.77. The number of ether oxygens (including phenoxy) is 1. The molecule has 0 aliphatic carbocycles. The molecule has 2 heterocycles. The number of likely N-dealkylation sites (tertiary alicyclic amines) is 1. The van der Waals surface area contributed by atoms with Crippen LogP contribution in [0.2, 0.25) is 0 Å². The van der Waals surface area contributed by atoms with Gasteiger partial charge in [0.25, 0.3) is 5.91 Å². The number of hydrogen-bond acceptors (Lipinski definition) is 4. The molecule has 1 aromatic heterocycles. The Kier molecular flexibility index (Phi) is 7.08. The van der Waals surface area contributed by atoms with Crippen LogP contribution in [0.1, 0.15) is 59.9 Å². The lowest BCUT2D eigenvalue weighted by Gasteiger charge is -2.33. The van der Waals surface area contributed by atoms with Crippen LogP contribution < -0.4 is 10.1 Å². The summed E-state index contributed by atoms with van der Waals surface area (Å²) < 4.78 is 5.37. The third-order valence-electron chi connectivity index (χ3n) is 5.63. The van der Waals surface area contributed by atoms with Gasteiger partial charge in [0.15, 0.2) is 0 Å². The van der Waals surface area contributed by atoms with E-state index in [9.17, 15) is 9.59 Å². The first kappa shape index (κ1) is 21.8. The third-order valence-corrected chi connectivity index (χ3v) is 5.63. The highest BCUT2D eigenvalue weighted by Crippen LogP contribution is 2.30. The second-order valence-electron chi connectivity index (χ2n) is 8.13. The van der Waals surface area contributed by atoms with E-state index in [0.29, 0.717) is 25.2 Å². The minimum absolute atomic E-state index is 0.00922. The van der Waals surface area contributed by atoms with Gasteiger partial charge in [0.1, 0.15) is 5.75 Å². The largest absolute Gasteiger partial charge is 0.496 e. The van der Waals surface area contributed by atoms with Crippen LogP contribution >= 0.6 is 0 Å². The quantitative estimate of drug-likeness (QED) is 0.790. The highest BCUT2D eigenvalue weighted by Gasteiger charge is 2.28. The molecule has 1 saturated heterocycles. The molecule has 6 nitrogen and oxygen atoms in total. The Morgan fingerprint density at radius 3 is 2.53 bits per heavy atom. The zero-order chi connectivity index (χ0) is 21.7. The Morgan fingerprint density at radius 2 is 1.87 bits per heavy atom. The fourth-order valence-electron chi connectivity index (χ4n) is 3.94. The molecule has 0 radical (unpaired) electrons. The van der Waals surface area contributed by atoms with Crippen molar-refractivity contribution in [1.29, 1.82) is 0 Å². The van der Waals surface area contributed by atoms with E-state index >= 15 is 0 Å². The second-order valence-corrected chi connectivity index (χ2v) is 8.13. The van der Waals surface area contributed by atoms with Gasteiger partial charge in [0.2, 0.25) is 5.91 Å². The molecule has 30 heavy (non-hydrogen) atoms. The average molecular weight is 410 g/mol. The zero-order valence-corrected chi connectivity index (χ0v) is 18.3. The zero-order valence-electron chi connectivity index (χ0n) is 18.3. The molecule has 0 spiro atoms. The molecule has 160 valence electrons. The number of nitrogens with zero attached hydrogens (tertiary/aromatic N) is 2. The number of hydrogen-bond donors (Lipinski definition) is 1. The lowest BCUT2D eigenvalue weighted by atomic mass is 9.89. The van der Waals surface area contributed by atoms with Gasteiger partial charge in [-0.25, -0.2) is 0 Å². The number of aryl methyl sites for hydroxylation is 1. The molecule has 0 atom stereocenters. The summed E-state index contributed by atoms with van der Waals surface area (Å²) in [6.07, 6.45) is 1.64. The molecule has 1 aromatic carbocycles. The van der Waals surface area contributed by atoms with Crippen LogP contribution in [0.15, 0.2) is 36.4 Å². The Bertz CT molecular complexity index is 902. The fourth-order valence-corrected chi connectivity index (χ4v) is 3.94. The normalized spacial score (nSPS) is 14.6. The Morgan fingerprint density at radius 1 is 1.17 bits per heavy atom. The number of pyridine rings is 1. The standard InChI is InChI=1S/C24H31N3O3/c1-16(2)24(29)27-13-11-18(12-14-27)22-20(10-9-17(3)26-22)23(28)25-15-19-7-5-6-8-21(19)30-4/h5-10,16,18H,11-15H2,1-4H3,(H,25,28). The number of amides is 2. The predicted octanol–water partition coefficient (Wildman–Crippen LogP) is 3.69. The molecule has 1 aliphatic rings. The number of para-hydroxylation sites is 1. The minimum atomic E-state index is -0.135. The summed E-state index contributed by atoms with van der Waals surface area (Å²) in [5.74, 6) is 0.995. The molecule has 0 bridgehead atoms. The van der Waals surface area contributed by atoms with E-state index in [2.05, 4.69) is 5.32 Å². The summed E-state index contributed by atoms with van der Waals surface area (Å²) in [4.78, 5) is 31.9. The van der Waals surface area contributed by atoms with Crippen molar-refractivity contribution in [1.82, 2.24) is 15.2 Å². The van der Waals surface area contributed by atoms with E-state index in [4.69, 9.17) is 9.72 Å². The number of nitrogens with one attached hydrogen (secondary N) is 1. The molecule has 3 rings (SSSR count). The van der Waals surface area contributed by atoms with E-state index < -0.39 is 0 Å². The van der Waals surface area contributed by atoms with Crippen molar-refractivity contribution in [3.63, 3.8) is 0 Å². The summed E-state index contributed by atoms with van der Waals surface area (Å²) >= 11 is 0. The van der Waals surface area contributed by atoms with Crippen LogP contribution in [0.3, 0.4) is 0 Å². The molecule has 0 saturated carbocycles. The van der Waals surface area contributed by atoms with Crippen molar-refractivity contribution in [2.24, 2.45) is 5.92 Å². The molecular weight excluding hydrogens is 378 g/mol. The van der Waals surface area contributed by atoms with Crippen molar-refractivity contribution in [2.75, 3.05) is 20.2 Å². The van der Waals surface area contributed by atoms with E-state index in [-0.39, 0.29) is 23.7 Å². The number of carbonyl (C=O) groups excluding carboxylic acids is 2. The van der Waals surface area contributed by atoms with Crippen molar-refractivity contribution < 1.29 is 14.3 Å². The first-order valence-corrected chi connectivity index (χ1v) is 10.6. The smallest absolute Gasteiger partial charge is 0.253 e. The van der Waals surface area contributed by atoms with Gasteiger partial charge in [-0.1, -0.05) is 32.0 Å². The summed E-state index contributed by atoms with van der Waals surface area (Å²) in [6, 6.07) is 11.4. The third kappa shape index (κ3) is 4.99. The number of methoxy groups -OCH3 is 1. The Balaban J connectivity index is 1.72. The topological polar surface area (TPSA) is 71.5 Å². The number of benzene rings is 1. The van der Waals surface area contributed by atoms with Crippen LogP contribution in [-0.4, -0.2) is 41.9 Å². The maximum atomic E-state index is 13.0. The first-order valence-electron chi connectivity index (χ1n) is 10.6. The maximum Gasteiger partial charge on any atom is 0.253 e. The number of rotatable bonds is 6. The summed E-state index contributed by atoms with van der Waals surface area (Å²) in [7, 11) is 1.62. The van der Waals surface area contributed by atoms with Gasteiger partial charge in [-0.2, -0.15) is 0 Å². The van der Waals surface area contributed by atoms with Gasteiger partial charge in [-0.15, -0.1) is 0 Å². The fraction of sp³-hybridized carbons (Fsp3) is 0.458. The van der Waals surface area contributed by atoms with Gasteiger partial charge in [-0.3, -0.25) is 14.6 Å². The summed E-state index contributed by atoms with van der Waals surface area (Å²) in [6.45, 7) is 7.61. The SMILES string of the molecule is COc1ccccc1CNC(=O)c1ccc(C)nc1C1CCN(C(=O)C(C)C)CC1. The van der Waals surface area contributed by atoms with Gasteiger partial charge in [0, 0.05) is 42.7 Å². The molecule has 1 N–H and O–H groups in total. The van der Waals surface area contributed by atoms with Gasteiger partial charge < -0.3 is 15.0 Å². The number of aromatic nitrogens is 1. The van der Waals surface area contributed by atoms with Gasteiger partial charge in [-0.05, 0) is 38.0 Å². The van der Waals surface area contributed by atoms with Crippen LogP contribution in [0.4, 0.5) is 0 Å². The second kappa shape index (κ2) is 9.74. The number of piperidine rings is 1. The summed E-state index contributed by atoms with van der Waals surface area (Å²) in [5, 5.41) is 3.01. The first-order chi connectivity index (χ1) is 14.4. The van der Waals surface area contributed by atoms with Gasteiger partial charge in [0.05, 0.1) is 18.4 Å². The van der Waals surface area contributed by atoms with Crippen LogP contribution in [0, 0.1) is 12.8 Å². The number of carbonyl (C=O) groups is 2. The highest BCUT2D eigenvalue weighted by atomic mass is 16.5. The monoisotopic (exact) mass is 409 g/mol. The van der Waals surface area contributed by atoms with Gasteiger partial charge >= 0.3 is 0 Å². The van der Waals surface area contributed by atoms with E-state index in [1.165, 1.54) is 0 Å². The van der Waals surface area contributed by atoms with Crippen LogP contribution in [0.5, 0.6) is 5.75 Å². The highest BCUT2D eigenvalue weighted by molar-refractivity contribution is 5.95. The molecule has 2 amide bonds. The minimum Gasteiger partial charge on any atom is -0.496 e. The van der Waals surface area contributed by atoms with Crippen molar-refractivity contribution in [3.8, 4) is 5.75 Å². The molecule has 6 heteroatoms. The molecule has 2 aromatic rings. The molecule has 0 unspecified atom stereocenters. The lowest BCUT2D eigenvalue weighted by Crippen LogP contribution is -2.40. The van der Waals surface area contributed by atoms with Crippen LogP contribution in [0.25, 0.3) is 0 Å². The van der Waals surface area contributed by atoms with Crippen molar-refractivity contribution >= 4 is 11.8 Å².